The first-order valence-corrected chi connectivity index (χ1v) is 9.75. The number of amides is 1. The molecule has 1 amide bonds. The van der Waals surface area contributed by atoms with Gasteiger partial charge in [0.1, 0.15) is 5.56 Å². The third kappa shape index (κ3) is 4.06. The number of nitro groups is 1. The number of hydrogen-bond acceptors (Lipinski definition) is 4. The van der Waals surface area contributed by atoms with Crippen LogP contribution in [0.1, 0.15) is 27.2 Å². The van der Waals surface area contributed by atoms with Gasteiger partial charge in [-0.25, -0.2) is 5.43 Å². The minimum absolute atomic E-state index is 0.0344. The lowest BCUT2D eigenvalue weighted by atomic mass is 10.1. The van der Waals surface area contributed by atoms with Gasteiger partial charge in [-0.2, -0.15) is 5.10 Å². The van der Waals surface area contributed by atoms with Crippen molar-refractivity contribution in [3.8, 4) is 0 Å². The first-order chi connectivity index (χ1) is 15.1. The van der Waals surface area contributed by atoms with E-state index in [-0.39, 0.29) is 11.3 Å². The summed E-state index contributed by atoms with van der Waals surface area (Å²) in [5.74, 6) is -0.630. The Balaban J connectivity index is 1.63. The summed E-state index contributed by atoms with van der Waals surface area (Å²) >= 11 is 0. The summed E-state index contributed by atoms with van der Waals surface area (Å²) in [4.78, 5) is 23.0. The van der Waals surface area contributed by atoms with Crippen molar-refractivity contribution in [2.24, 2.45) is 5.10 Å². The van der Waals surface area contributed by atoms with Gasteiger partial charge in [0, 0.05) is 34.8 Å². The number of hydrogen-bond donors (Lipinski definition) is 1. The first-order valence-electron chi connectivity index (χ1n) is 9.75. The molecule has 0 bridgehead atoms. The third-order valence-corrected chi connectivity index (χ3v) is 5.17. The van der Waals surface area contributed by atoms with Crippen LogP contribution in [0.3, 0.4) is 0 Å². The normalized spacial score (nSPS) is 11.1. The van der Waals surface area contributed by atoms with Gasteiger partial charge in [-0.05, 0) is 24.6 Å². The van der Waals surface area contributed by atoms with Gasteiger partial charge in [0.2, 0.25) is 0 Å². The maximum Gasteiger partial charge on any atom is 0.282 e. The van der Waals surface area contributed by atoms with Crippen LogP contribution in [0.15, 0.2) is 84.0 Å². The van der Waals surface area contributed by atoms with Gasteiger partial charge < -0.3 is 4.57 Å². The molecule has 0 aliphatic heterocycles. The number of nitrogens with one attached hydrogen (secondary N) is 1. The highest BCUT2D eigenvalue weighted by Gasteiger charge is 2.19. The molecule has 0 aliphatic carbocycles. The van der Waals surface area contributed by atoms with Crippen LogP contribution in [0.2, 0.25) is 0 Å². The third-order valence-electron chi connectivity index (χ3n) is 5.17. The van der Waals surface area contributed by atoms with Gasteiger partial charge in [0.05, 0.1) is 11.1 Å². The van der Waals surface area contributed by atoms with Gasteiger partial charge in [0.15, 0.2) is 0 Å². The van der Waals surface area contributed by atoms with Crippen LogP contribution in [0.5, 0.6) is 0 Å². The predicted molar refractivity (Wildman–Crippen MR) is 120 cm³/mol. The minimum Gasteiger partial charge on any atom is -0.340 e. The predicted octanol–water partition coefficient (Wildman–Crippen LogP) is 4.67. The molecule has 1 aromatic heterocycles. The van der Waals surface area contributed by atoms with Crippen LogP contribution < -0.4 is 5.43 Å². The second-order valence-electron chi connectivity index (χ2n) is 7.06. The van der Waals surface area contributed by atoms with E-state index in [1.165, 1.54) is 23.8 Å². The van der Waals surface area contributed by atoms with E-state index in [2.05, 4.69) is 33.3 Å². The number of carbonyl (C=O) groups is 1. The van der Waals surface area contributed by atoms with Crippen LogP contribution in [0, 0.1) is 17.0 Å². The van der Waals surface area contributed by atoms with Crippen LogP contribution in [0.4, 0.5) is 5.69 Å². The fourth-order valence-electron chi connectivity index (χ4n) is 3.63. The Labute approximate surface area is 178 Å². The number of rotatable bonds is 6. The zero-order valence-corrected chi connectivity index (χ0v) is 16.9. The van der Waals surface area contributed by atoms with E-state index in [0.717, 1.165) is 22.2 Å². The standard InChI is InChI=1S/C24H20N4O3/c1-17-21(15-25-26-24(29)20-12-6-8-14-23(20)28(30)31)19-11-5-7-13-22(19)27(17)16-18-9-3-2-4-10-18/h2-15H,16H2,1H3,(H,26,29)/b25-15-. The molecule has 0 saturated carbocycles. The maximum atomic E-state index is 12.4. The zero-order chi connectivity index (χ0) is 21.8. The molecule has 3 aromatic carbocycles. The topological polar surface area (TPSA) is 89.5 Å². The molecule has 0 aliphatic rings. The lowest BCUT2D eigenvalue weighted by Gasteiger charge is -2.08. The molecule has 7 nitrogen and oxygen atoms in total. The quantitative estimate of drug-likeness (QED) is 0.283. The van der Waals surface area contributed by atoms with Crippen LogP contribution in [-0.2, 0) is 6.54 Å². The molecule has 0 saturated heterocycles. The fraction of sp³-hybridized carbons (Fsp3) is 0.0833. The maximum absolute atomic E-state index is 12.4. The van der Waals surface area contributed by atoms with E-state index >= 15 is 0 Å². The summed E-state index contributed by atoms with van der Waals surface area (Å²) in [5, 5.41) is 16.3. The number of nitrogens with zero attached hydrogens (tertiary/aromatic N) is 3. The van der Waals surface area contributed by atoms with Crippen molar-refractivity contribution < 1.29 is 9.72 Å². The molecule has 0 fully saturated rings. The fourth-order valence-corrected chi connectivity index (χ4v) is 3.63. The summed E-state index contributed by atoms with van der Waals surface area (Å²) in [6.07, 6.45) is 1.59. The highest BCUT2D eigenvalue weighted by molar-refractivity contribution is 6.02. The largest absolute Gasteiger partial charge is 0.340 e. The van der Waals surface area contributed by atoms with Gasteiger partial charge in [-0.1, -0.05) is 60.7 Å². The van der Waals surface area contributed by atoms with Crippen molar-refractivity contribution in [3.05, 3.63) is 111 Å². The number of aromatic nitrogens is 1. The van der Waals surface area contributed by atoms with Gasteiger partial charge in [-0.15, -0.1) is 0 Å². The molecule has 1 heterocycles. The lowest BCUT2D eigenvalue weighted by molar-refractivity contribution is -0.385. The van der Waals surface area contributed by atoms with Crippen molar-refractivity contribution in [2.45, 2.75) is 13.5 Å². The second-order valence-corrected chi connectivity index (χ2v) is 7.06. The van der Waals surface area contributed by atoms with Crippen molar-refractivity contribution in [3.63, 3.8) is 0 Å². The average molecular weight is 412 g/mol. The monoisotopic (exact) mass is 412 g/mol. The Morgan fingerprint density at radius 1 is 1.03 bits per heavy atom. The Morgan fingerprint density at radius 2 is 1.71 bits per heavy atom. The van der Waals surface area contributed by atoms with Crippen LogP contribution in [-0.4, -0.2) is 21.6 Å². The van der Waals surface area contributed by atoms with E-state index in [9.17, 15) is 14.9 Å². The Kier molecular flexibility index (Phi) is 5.57. The first kappa shape index (κ1) is 20.0. The second kappa shape index (κ2) is 8.62. The molecule has 0 atom stereocenters. The number of nitro benzene ring substituents is 1. The highest BCUT2D eigenvalue weighted by atomic mass is 16.6. The number of fused-ring (bicyclic) bond motifs is 1. The SMILES string of the molecule is Cc1c(/C=N\NC(=O)c2ccccc2[N+](=O)[O-])c2ccccc2n1Cc1ccccc1. The Bertz CT molecular complexity index is 1290. The number of benzene rings is 3. The molecular weight excluding hydrogens is 392 g/mol. The van der Waals surface area contributed by atoms with E-state index in [4.69, 9.17) is 0 Å². The summed E-state index contributed by atoms with van der Waals surface area (Å²) in [7, 11) is 0. The number of hydrazone groups is 1. The average Bonchev–Trinajstić information content (AvgIpc) is 3.05. The molecule has 4 aromatic rings. The summed E-state index contributed by atoms with van der Waals surface area (Å²) < 4.78 is 2.20. The van der Waals surface area contributed by atoms with E-state index in [0.29, 0.717) is 6.54 Å². The van der Waals surface area contributed by atoms with Gasteiger partial charge in [0.25, 0.3) is 11.6 Å². The van der Waals surface area contributed by atoms with Crippen LogP contribution >= 0.6 is 0 Å². The molecular formula is C24H20N4O3. The van der Waals surface area contributed by atoms with E-state index in [1.807, 2.05) is 43.3 Å². The molecule has 154 valence electrons. The minimum atomic E-state index is -0.630. The molecule has 0 radical (unpaired) electrons. The molecule has 31 heavy (non-hydrogen) atoms. The van der Waals surface area contributed by atoms with Crippen LogP contribution in [0.25, 0.3) is 10.9 Å². The molecule has 0 unspecified atom stereocenters. The zero-order valence-electron chi connectivity index (χ0n) is 16.9. The Hall–Kier alpha value is -4.26. The molecule has 1 N–H and O–H groups in total. The lowest BCUT2D eigenvalue weighted by Crippen LogP contribution is -2.19. The number of para-hydroxylation sites is 2. The van der Waals surface area contributed by atoms with Crippen molar-refractivity contribution in [2.75, 3.05) is 0 Å². The van der Waals surface area contributed by atoms with Gasteiger partial charge in [-0.3, -0.25) is 14.9 Å². The van der Waals surface area contributed by atoms with Gasteiger partial charge >= 0.3 is 0 Å². The van der Waals surface area contributed by atoms with Crippen molar-refractivity contribution >= 4 is 28.7 Å². The molecule has 7 heteroatoms. The van der Waals surface area contributed by atoms with E-state index < -0.39 is 10.8 Å². The van der Waals surface area contributed by atoms with E-state index in [1.54, 1.807) is 12.3 Å². The molecule has 0 spiro atoms. The summed E-state index contributed by atoms with van der Waals surface area (Å²) in [5.41, 5.74) is 6.25. The summed E-state index contributed by atoms with van der Waals surface area (Å²) in [6, 6.07) is 24.0. The highest BCUT2D eigenvalue weighted by Crippen LogP contribution is 2.25. The van der Waals surface area contributed by atoms with Crippen molar-refractivity contribution in [1.29, 1.82) is 0 Å². The summed E-state index contributed by atoms with van der Waals surface area (Å²) in [6.45, 7) is 2.72. The smallest absolute Gasteiger partial charge is 0.282 e. The Morgan fingerprint density at radius 3 is 2.48 bits per heavy atom. The number of carbonyl (C=O) groups excluding carboxylic acids is 1. The molecule has 4 rings (SSSR count). The van der Waals surface area contributed by atoms with Crippen molar-refractivity contribution in [1.82, 2.24) is 9.99 Å².